The van der Waals surface area contributed by atoms with Crippen molar-refractivity contribution >= 4 is 23.7 Å². The lowest BCUT2D eigenvalue weighted by molar-refractivity contribution is -0.143. The molecule has 3 fully saturated rings. The van der Waals surface area contributed by atoms with Crippen molar-refractivity contribution in [3.63, 3.8) is 0 Å². The van der Waals surface area contributed by atoms with E-state index >= 15 is 0 Å². The standard InChI is InChI=1S/C38H48F6N6O4/c1-3-45-36(2)12-18-47(19-13-36)30-11-16-49(24-30)33(51)32(22-25-20-27(37(39,40)41)23-28(21-25)38(42,43)44)54-35(53)48-14-9-29(10-15-48)50-17-8-26-6-4-5-7-31(26)46-34(50)52/h4-7,20-21,23,29-30,32,45H,3,8-19,22,24H2,1-2H3,(H,46,52)/t30?,32-/m1/s1. The SMILES string of the molecule is CCNC1(C)CCN(C2CCN(C(=O)[C@@H](Cc3cc(C(F)(F)F)cc(C(F)(F)F)c3)OC(=O)N3CCC(N4CCc5ccccc5NC4=O)CC3)C2)CC1. The lowest BCUT2D eigenvalue weighted by atomic mass is 9.89. The molecule has 6 rings (SSSR count). The van der Waals surface area contributed by atoms with Crippen LogP contribution < -0.4 is 10.6 Å². The Hall–Kier alpha value is -4.05. The fraction of sp³-hybridized carbons (Fsp3) is 0.605. The molecule has 2 aromatic carbocycles. The third-order valence-corrected chi connectivity index (χ3v) is 11.4. The van der Waals surface area contributed by atoms with Gasteiger partial charge in [-0.3, -0.25) is 9.69 Å². The summed E-state index contributed by atoms with van der Waals surface area (Å²) in [6.07, 6.45) is -9.45. The third kappa shape index (κ3) is 9.24. The molecule has 0 bridgehead atoms. The molecule has 4 heterocycles. The molecule has 1 unspecified atom stereocenters. The summed E-state index contributed by atoms with van der Waals surface area (Å²) in [7, 11) is 0. The number of urea groups is 1. The number of rotatable bonds is 8. The van der Waals surface area contributed by atoms with E-state index in [-0.39, 0.29) is 42.8 Å². The van der Waals surface area contributed by atoms with Gasteiger partial charge >= 0.3 is 24.5 Å². The molecular formula is C38H48F6N6O4. The number of para-hydroxylation sites is 1. The monoisotopic (exact) mass is 766 g/mol. The van der Waals surface area contributed by atoms with Crippen LogP contribution in [0.15, 0.2) is 42.5 Å². The first kappa shape index (κ1) is 39.6. The molecule has 0 aromatic heterocycles. The Morgan fingerprint density at radius 1 is 0.889 bits per heavy atom. The lowest BCUT2D eigenvalue weighted by Gasteiger charge is -2.42. The first-order valence-corrected chi connectivity index (χ1v) is 18.7. The van der Waals surface area contributed by atoms with E-state index in [0.29, 0.717) is 57.5 Å². The van der Waals surface area contributed by atoms with Gasteiger partial charge in [0, 0.05) is 75.5 Å². The molecule has 10 nitrogen and oxygen atoms in total. The number of alkyl halides is 6. The summed E-state index contributed by atoms with van der Waals surface area (Å²) in [4.78, 5) is 47.7. The van der Waals surface area contributed by atoms with Gasteiger partial charge in [-0.25, -0.2) is 9.59 Å². The molecule has 16 heteroatoms. The zero-order valence-corrected chi connectivity index (χ0v) is 30.6. The van der Waals surface area contributed by atoms with E-state index in [1.165, 1.54) is 9.80 Å². The van der Waals surface area contributed by atoms with E-state index in [0.717, 1.165) is 43.7 Å². The first-order valence-electron chi connectivity index (χ1n) is 18.7. The van der Waals surface area contributed by atoms with Gasteiger partial charge in [0.25, 0.3) is 5.91 Å². The molecule has 4 aliphatic heterocycles. The van der Waals surface area contributed by atoms with Gasteiger partial charge in [0.2, 0.25) is 0 Å². The fourth-order valence-electron chi connectivity index (χ4n) is 8.26. The van der Waals surface area contributed by atoms with Crippen LogP contribution >= 0.6 is 0 Å². The van der Waals surface area contributed by atoms with Crippen LogP contribution in [0, 0.1) is 0 Å². The summed E-state index contributed by atoms with van der Waals surface area (Å²) in [5.41, 5.74) is -1.67. The Labute approximate surface area is 311 Å². The van der Waals surface area contributed by atoms with Crippen molar-refractivity contribution in [3.8, 4) is 0 Å². The van der Waals surface area contributed by atoms with Crippen molar-refractivity contribution in [3.05, 3.63) is 64.7 Å². The molecule has 296 valence electrons. The highest BCUT2D eigenvalue weighted by Gasteiger charge is 2.41. The van der Waals surface area contributed by atoms with Gasteiger partial charge in [-0.2, -0.15) is 26.3 Å². The molecule has 4 amide bonds. The summed E-state index contributed by atoms with van der Waals surface area (Å²) in [6, 6.07) is 8.31. The van der Waals surface area contributed by atoms with Crippen molar-refractivity contribution in [2.45, 2.75) is 94.9 Å². The van der Waals surface area contributed by atoms with Crippen molar-refractivity contribution in [2.24, 2.45) is 0 Å². The summed E-state index contributed by atoms with van der Waals surface area (Å²) in [5, 5.41) is 6.48. The Balaban J connectivity index is 1.15. The van der Waals surface area contributed by atoms with Crippen molar-refractivity contribution < 1.29 is 45.5 Å². The molecule has 0 radical (unpaired) electrons. The average Bonchev–Trinajstić information content (AvgIpc) is 3.55. The number of amides is 4. The van der Waals surface area contributed by atoms with Crippen LogP contribution in [-0.4, -0.2) is 114 Å². The molecule has 0 saturated carbocycles. The normalized spacial score (nSPS) is 22.0. The van der Waals surface area contributed by atoms with E-state index in [2.05, 4.69) is 29.4 Å². The van der Waals surface area contributed by atoms with Gasteiger partial charge in [0.1, 0.15) is 0 Å². The lowest BCUT2D eigenvalue weighted by Crippen LogP contribution is -2.54. The number of hydrogen-bond donors (Lipinski definition) is 2. The number of anilines is 1. The van der Waals surface area contributed by atoms with Crippen LogP contribution in [0.2, 0.25) is 0 Å². The molecular weight excluding hydrogens is 718 g/mol. The number of nitrogens with zero attached hydrogens (tertiary/aromatic N) is 4. The molecule has 0 spiro atoms. The number of halogens is 6. The Morgan fingerprint density at radius 3 is 2.13 bits per heavy atom. The van der Waals surface area contributed by atoms with Crippen molar-refractivity contribution in [1.82, 2.24) is 24.9 Å². The van der Waals surface area contributed by atoms with Crippen LogP contribution in [0.3, 0.4) is 0 Å². The number of likely N-dealkylation sites (tertiary alicyclic amines) is 3. The summed E-state index contributed by atoms with van der Waals surface area (Å²) in [5.74, 6) is -0.665. The zero-order valence-electron chi connectivity index (χ0n) is 30.6. The number of fused-ring (bicyclic) bond motifs is 1. The van der Waals surface area contributed by atoms with Crippen molar-refractivity contribution in [2.75, 3.05) is 57.7 Å². The van der Waals surface area contributed by atoms with Crippen LogP contribution in [0.1, 0.15) is 68.2 Å². The topological polar surface area (TPSA) is 97.5 Å². The Morgan fingerprint density at radius 2 is 1.50 bits per heavy atom. The molecule has 54 heavy (non-hydrogen) atoms. The van der Waals surface area contributed by atoms with Gasteiger partial charge in [-0.05, 0) is 87.4 Å². The number of nitrogens with one attached hydrogen (secondary N) is 2. The number of hydrogen-bond acceptors (Lipinski definition) is 6. The maximum absolute atomic E-state index is 14.1. The van der Waals surface area contributed by atoms with E-state index in [1.807, 2.05) is 24.3 Å². The predicted molar refractivity (Wildman–Crippen MR) is 189 cm³/mol. The van der Waals surface area contributed by atoms with E-state index in [9.17, 15) is 40.7 Å². The third-order valence-electron chi connectivity index (χ3n) is 11.4. The maximum Gasteiger partial charge on any atom is 0.416 e. The number of ether oxygens (including phenoxy) is 1. The highest BCUT2D eigenvalue weighted by atomic mass is 19.4. The van der Waals surface area contributed by atoms with Crippen LogP contribution in [0.5, 0.6) is 0 Å². The second kappa shape index (κ2) is 16.0. The van der Waals surface area contributed by atoms with E-state index < -0.39 is 53.6 Å². The van der Waals surface area contributed by atoms with Gasteiger partial charge in [0.05, 0.1) is 11.1 Å². The molecule has 2 aromatic rings. The minimum Gasteiger partial charge on any atom is -0.436 e. The zero-order chi connectivity index (χ0) is 38.8. The summed E-state index contributed by atoms with van der Waals surface area (Å²) in [6.45, 7) is 8.14. The number of piperidine rings is 2. The van der Waals surface area contributed by atoms with Gasteiger partial charge in [-0.1, -0.05) is 25.1 Å². The molecule has 0 aliphatic carbocycles. The van der Waals surface area contributed by atoms with E-state index in [4.69, 9.17) is 4.74 Å². The molecule has 2 atom stereocenters. The number of carbonyl (C=O) groups excluding carboxylic acids is 3. The maximum atomic E-state index is 14.1. The van der Waals surface area contributed by atoms with Crippen LogP contribution in [0.25, 0.3) is 0 Å². The summed E-state index contributed by atoms with van der Waals surface area (Å²) < 4.78 is 88.2. The van der Waals surface area contributed by atoms with Crippen LogP contribution in [-0.2, 0) is 34.7 Å². The average molecular weight is 767 g/mol. The Kier molecular flexibility index (Phi) is 11.7. The molecule has 2 N–H and O–H groups in total. The molecule has 3 saturated heterocycles. The fourth-order valence-corrected chi connectivity index (χ4v) is 8.26. The summed E-state index contributed by atoms with van der Waals surface area (Å²) >= 11 is 0. The number of benzene rings is 2. The van der Waals surface area contributed by atoms with Crippen LogP contribution in [0.4, 0.5) is 41.6 Å². The smallest absolute Gasteiger partial charge is 0.416 e. The Bertz CT molecular complexity index is 1640. The van der Waals surface area contributed by atoms with E-state index in [1.54, 1.807) is 4.90 Å². The highest BCUT2D eigenvalue weighted by molar-refractivity contribution is 5.91. The quantitative estimate of drug-likeness (QED) is 0.303. The number of carbonyl (C=O) groups is 3. The largest absolute Gasteiger partial charge is 0.436 e. The second-order valence-corrected chi connectivity index (χ2v) is 15.1. The highest BCUT2D eigenvalue weighted by Crippen LogP contribution is 2.37. The van der Waals surface area contributed by atoms with Gasteiger partial charge < -0.3 is 30.1 Å². The minimum absolute atomic E-state index is 0.0126. The predicted octanol–water partition coefficient (Wildman–Crippen LogP) is 6.39. The molecule has 4 aliphatic rings. The second-order valence-electron chi connectivity index (χ2n) is 15.1. The van der Waals surface area contributed by atoms with Gasteiger partial charge in [-0.15, -0.1) is 0 Å². The first-order chi connectivity index (χ1) is 25.5. The minimum atomic E-state index is -5.08. The van der Waals surface area contributed by atoms with Crippen molar-refractivity contribution in [1.29, 1.82) is 0 Å². The van der Waals surface area contributed by atoms with Gasteiger partial charge in [0.15, 0.2) is 6.10 Å².